The fraction of sp³-hybridized carbons (Fsp3) is 0.226. The molecule has 3 aliphatic rings. The third-order valence-electron chi connectivity index (χ3n) is 24.5. The van der Waals surface area contributed by atoms with E-state index < -0.39 is 18.3 Å². The highest BCUT2D eigenvalue weighted by atomic mass is 16.6. The Kier molecular flexibility index (Phi) is 28.3. The first-order valence-electron chi connectivity index (χ1n) is 46.2. The summed E-state index contributed by atoms with van der Waals surface area (Å²) in [5.74, 6) is 1.99. The number of urea groups is 1. The summed E-state index contributed by atoms with van der Waals surface area (Å²) >= 11 is 0. The number of rotatable bonds is 22. The molecule has 20 rings (SSSR count). The molecule has 0 spiro atoms. The number of fused-ring (bicyclic) bond motifs is 6. The predicted molar refractivity (Wildman–Crippen MR) is 540 cm³/mol. The molecule has 1 fully saturated rings. The highest BCUT2D eigenvalue weighted by molar-refractivity contribution is 6.05. The van der Waals surface area contributed by atoms with Crippen molar-refractivity contribution in [1.82, 2.24) is 89.0 Å². The Morgan fingerprint density at radius 3 is 1.19 bits per heavy atom. The van der Waals surface area contributed by atoms with Crippen molar-refractivity contribution < 1.29 is 47.7 Å². The Bertz CT molecular complexity index is 7460. The molecule has 0 aliphatic carbocycles. The smallest absolute Gasteiger partial charge is 0.413 e. The number of aromatic amines is 4. The molecule has 17 aromatic rings. The summed E-state index contributed by atoms with van der Waals surface area (Å²) in [5, 5.41) is 13.3. The quantitative estimate of drug-likeness (QED) is 0.0285. The summed E-state index contributed by atoms with van der Waals surface area (Å²) in [6, 6.07) is 65.4. The molecule has 9 N–H and O–H groups in total. The molecular weight excluding hydrogens is 1770 g/mol. The van der Waals surface area contributed by atoms with Gasteiger partial charge in [0.1, 0.15) is 5.75 Å². The number of nitrogens with zero attached hydrogens (tertiary/aromatic N) is 13. The summed E-state index contributed by atoms with van der Waals surface area (Å²) < 4.78 is 23.9. The van der Waals surface area contributed by atoms with E-state index in [1.165, 1.54) is 6.42 Å². The largest absolute Gasteiger partial charge is 0.497 e. The monoisotopic (exact) mass is 1880 g/mol. The molecule has 710 valence electrons. The van der Waals surface area contributed by atoms with E-state index in [1.807, 2.05) is 220 Å². The molecule has 2 unspecified atom stereocenters. The molecule has 1 saturated heterocycles. The van der Waals surface area contributed by atoms with Crippen LogP contribution in [-0.2, 0) is 33.8 Å². The van der Waals surface area contributed by atoms with Crippen LogP contribution >= 0.6 is 0 Å². The number of imidazole rings is 4. The van der Waals surface area contributed by atoms with Crippen molar-refractivity contribution in [2.24, 2.45) is 0 Å². The topological polar surface area (TPSA) is 419 Å². The van der Waals surface area contributed by atoms with Crippen LogP contribution in [0, 0.1) is 13.8 Å². The molecule has 7 aromatic carbocycles. The van der Waals surface area contributed by atoms with Gasteiger partial charge in [-0.2, -0.15) is 0 Å². The summed E-state index contributed by atoms with van der Waals surface area (Å²) in [7, 11) is 5.23. The summed E-state index contributed by atoms with van der Waals surface area (Å²) in [6.07, 6.45) is 7.44. The minimum absolute atomic E-state index is 0.00767. The number of pyridine rings is 6. The Morgan fingerprint density at radius 1 is 0.429 bits per heavy atom. The van der Waals surface area contributed by atoms with Crippen molar-refractivity contribution >= 4 is 104 Å². The van der Waals surface area contributed by atoms with Gasteiger partial charge in [0.05, 0.1) is 99.9 Å². The summed E-state index contributed by atoms with van der Waals surface area (Å²) in [6.45, 7) is 20.5. The third-order valence-corrected chi connectivity index (χ3v) is 24.5. The molecule has 34 nitrogen and oxygen atoms in total. The Labute approximate surface area is 804 Å². The minimum Gasteiger partial charge on any atom is -0.497 e. The second-order valence-electron chi connectivity index (χ2n) is 33.8. The average molecular weight is 1880 g/mol. The van der Waals surface area contributed by atoms with Crippen LogP contribution in [0.25, 0.3) is 134 Å². The SMILES string of the molecule is CCNC(=O)Nc1nc2c(-c3ccccn3)cc(-c3ccc4c(c3)C(=O)N(C)C4)cc2[nH]1.CCOC(=O)Nc1nc2c(-c3ccccn3)cc(-c3cc(C)n(C(C)c4cccc(OC)c4)c(=O)c3)cc2[nH]1.CCOC(=O)Nc1nc2c(-c3ccccn3)cc(-c3cc(C)n(CC4CCCN4CC)c(=O)c3)cc2[nH]1.CCOC(=O)Nc1nc2c(-c3ccccn3)cc(-c3ccc4c(c3)C(=O)N(C)C4)cc2[nH]1. The molecule has 2 atom stereocenters. The van der Waals surface area contributed by atoms with Crippen LogP contribution < -0.4 is 42.4 Å². The maximum Gasteiger partial charge on any atom is 0.413 e. The second kappa shape index (κ2) is 41.9. The van der Waals surface area contributed by atoms with E-state index in [4.69, 9.17) is 18.9 Å². The number of likely N-dealkylation sites (N-methyl/N-ethyl adjacent to an activating group) is 1. The maximum absolute atomic E-state index is 13.4. The van der Waals surface area contributed by atoms with Crippen LogP contribution in [0.1, 0.15) is 109 Å². The lowest BCUT2D eigenvalue weighted by Gasteiger charge is -2.24. The number of anilines is 4. The van der Waals surface area contributed by atoms with Gasteiger partial charge >= 0.3 is 24.3 Å². The zero-order chi connectivity index (χ0) is 97.9. The molecule has 7 amide bonds. The van der Waals surface area contributed by atoms with Crippen LogP contribution in [0.15, 0.2) is 241 Å². The fourth-order valence-electron chi connectivity index (χ4n) is 17.9. The maximum atomic E-state index is 13.4. The van der Waals surface area contributed by atoms with E-state index in [0.717, 1.165) is 171 Å². The number of carbonyl (C=O) groups is 6. The van der Waals surface area contributed by atoms with Gasteiger partial charge in [0.25, 0.3) is 22.9 Å². The number of carbonyl (C=O) groups excluding carboxylic acids is 6. The third kappa shape index (κ3) is 20.7. The molecule has 3 aliphatic heterocycles. The molecular formula is C106H104N22O12. The molecule has 13 heterocycles. The zero-order valence-electron chi connectivity index (χ0n) is 79.1. The van der Waals surface area contributed by atoms with Gasteiger partial charge in [-0.15, -0.1) is 0 Å². The average Bonchev–Trinajstić information content (AvgIpc) is 1.29. The van der Waals surface area contributed by atoms with Gasteiger partial charge in [0, 0.05) is 128 Å². The van der Waals surface area contributed by atoms with Crippen LogP contribution in [0.3, 0.4) is 0 Å². The second-order valence-corrected chi connectivity index (χ2v) is 33.8. The van der Waals surface area contributed by atoms with E-state index in [1.54, 1.807) is 93.3 Å². The Balaban J connectivity index is 0.000000129. The molecule has 140 heavy (non-hydrogen) atoms. The standard InChI is InChI=1S/C30H29N5O4.C28H32N6O3.C24H22N6O2.C24H21N5O3/c1-5-39-30(37)34-29-32-26-16-22(15-24(28(26)33-29)25-11-6-7-12-31-25)21-13-18(2)35(27(36)17-21)19(3)20-9-8-10-23(14-20)38-4;1-4-33-12-8-9-21(33)17-34-18(3)13-19(16-25(34)35)20-14-22(23-10-6-7-11-29-23)26-24(15-20)30-27(31-26)32-28(36)37-5-2;1-3-25-24(32)29-23-27-20-12-16(11-18(21(20)28-23)19-6-4-5-9-26-19)14-7-8-15-13-30(2)22(31)17(15)10-14;1-3-32-24(31)28-23-26-20-12-16(11-18(21(20)27-23)19-6-4-5-9-25-19)14-7-8-15-13-29(2)22(30)17(15)10-14/h6-17,19H,5H2,1-4H3,(H2,32,33,34,37);6-7,10-11,13-16,21H,4-5,8-9,12,17H2,1-3H3,(H2,30,31,32,36);4-12H,3,13H2,1-2H3,(H3,25,27,28,29,32);4-12H,3,13H2,1-2H3,(H2,26,27,28,31). The molecule has 10 aromatic heterocycles. The van der Waals surface area contributed by atoms with Crippen LogP contribution in [0.5, 0.6) is 5.75 Å². The number of benzene rings is 7. The number of aryl methyl sites for hydroxylation is 2. The normalized spacial score (nSPS) is 13.3. The van der Waals surface area contributed by atoms with E-state index in [2.05, 4.69) is 104 Å². The van der Waals surface area contributed by atoms with Crippen molar-refractivity contribution in [1.29, 1.82) is 0 Å². The lowest BCUT2D eigenvalue weighted by Crippen LogP contribution is -2.36. The van der Waals surface area contributed by atoms with Gasteiger partial charge in [-0.3, -0.25) is 65.3 Å². The van der Waals surface area contributed by atoms with Crippen molar-refractivity contribution in [3.05, 3.63) is 291 Å². The summed E-state index contributed by atoms with van der Waals surface area (Å²) in [4.78, 5) is 154. The first-order valence-corrected chi connectivity index (χ1v) is 46.2. The van der Waals surface area contributed by atoms with E-state index in [0.29, 0.717) is 71.7 Å². The van der Waals surface area contributed by atoms with E-state index >= 15 is 0 Å². The number of hydrogen-bond acceptors (Lipinski definition) is 21. The van der Waals surface area contributed by atoms with Gasteiger partial charge < -0.3 is 63.1 Å². The lowest BCUT2D eigenvalue weighted by molar-refractivity contribution is 0.0809. The molecule has 0 radical (unpaired) electrons. The highest BCUT2D eigenvalue weighted by Gasteiger charge is 2.30. The lowest BCUT2D eigenvalue weighted by atomic mass is 9.97. The van der Waals surface area contributed by atoms with Gasteiger partial charge in [-0.25, -0.2) is 39.1 Å². The number of amides is 7. The van der Waals surface area contributed by atoms with Crippen LogP contribution in [0.4, 0.5) is 43.0 Å². The number of H-pyrrole nitrogens is 4. The number of likely N-dealkylation sites (tertiary alicyclic amines) is 1. The molecule has 0 saturated carbocycles. The Morgan fingerprint density at radius 2 is 0.814 bits per heavy atom. The van der Waals surface area contributed by atoms with Crippen molar-refractivity contribution in [2.45, 2.75) is 99.9 Å². The predicted octanol–water partition coefficient (Wildman–Crippen LogP) is 19.2. The highest BCUT2D eigenvalue weighted by Crippen LogP contribution is 2.41. The van der Waals surface area contributed by atoms with Crippen molar-refractivity contribution in [3.63, 3.8) is 0 Å². The number of aromatic nitrogens is 14. The first-order chi connectivity index (χ1) is 67.9. The number of nitrogens with one attached hydrogen (secondary N) is 9. The summed E-state index contributed by atoms with van der Waals surface area (Å²) in [5.41, 5.74) is 24.9. The van der Waals surface area contributed by atoms with E-state index in [9.17, 15) is 38.4 Å². The van der Waals surface area contributed by atoms with Crippen molar-refractivity contribution in [2.75, 3.05) is 81.9 Å². The number of hydrogen-bond donors (Lipinski definition) is 9. The Hall–Kier alpha value is -17.3. The minimum atomic E-state index is -0.597. The fourth-order valence-corrected chi connectivity index (χ4v) is 17.9. The van der Waals surface area contributed by atoms with Gasteiger partial charge in [0.2, 0.25) is 23.8 Å². The number of ether oxygens (including phenoxy) is 4. The van der Waals surface area contributed by atoms with Crippen LogP contribution in [0.2, 0.25) is 0 Å². The van der Waals surface area contributed by atoms with Gasteiger partial charge in [0.15, 0.2) is 0 Å². The first kappa shape index (κ1) is 94.5. The number of methoxy groups -OCH3 is 1. The zero-order valence-corrected chi connectivity index (χ0v) is 79.1. The van der Waals surface area contributed by atoms with Gasteiger partial charge in [-0.1, -0.05) is 67.6 Å². The van der Waals surface area contributed by atoms with Crippen molar-refractivity contribution in [3.8, 4) is 95.3 Å². The molecule has 0 bridgehead atoms. The van der Waals surface area contributed by atoms with E-state index in [-0.39, 0.29) is 66.7 Å². The van der Waals surface area contributed by atoms with Gasteiger partial charge in [-0.05, 0) is 269 Å². The van der Waals surface area contributed by atoms with Crippen LogP contribution in [-0.4, -0.2) is 186 Å². The molecule has 34 heteroatoms.